The van der Waals surface area contributed by atoms with Gasteiger partial charge in [-0.05, 0) is 51.0 Å². The van der Waals surface area contributed by atoms with Gasteiger partial charge in [-0.15, -0.1) is 0 Å². The molecule has 2 aromatic rings. The van der Waals surface area contributed by atoms with E-state index in [1.54, 1.807) is 0 Å². The summed E-state index contributed by atoms with van der Waals surface area (Å²) in [7, 11) is 0. The molecule has 0 atom stereocenters. The van der Waals surface area contributed by atoms with Gasteiger partial charge >= 0.3 is 0 Å². The number of nitrogens with one attached hydrogen (secondary N) is 2. The van der Waals surface area contributed by atoms with Crippen molar-refractivity contribution in [2.75, 3.05) is 10.8 Å². The molecule has 0 fully saturated rings. The minimum absolute atomic E-state index is 0.00710. The molecule has 22 heavy (non-hydrogen) atoms. The second-order valence-corrected chi connectivity index (χ2v) is 6.81. The number of benzene rings is 2. The second kappa shape index (κ2) is 7.03. The molecule has 0 spiro atoms. The van der Waals surface area contributed by atoms with E-state index in [-0.39, 0.29) is 5.54 Å². The Morgan fingerprint density at radius 2 is 1.73 bits per heavy atom. The zero-order valence-electron chi connectivity index (χ0n) is 13.5. The van der Waals surface area contributed by atoms with Crippen molar-refractivity contribution >= 4 is 23.0 Å². The maximum absolute atomic E-state index is 6.33. The Balaban J connectivity index is 2.01. The third-order valence-electron chi connectivity index (χ3n) is 3.09. The largest absolute Gasteiger partial charge is 0.380 e. The average Bonchev–Trinajstić information content (AvgIpc) is 2.43. The zero-order chi connectivity index (χ0) is 16.2. The lowest BCUT2D eigenvalue weighted by Gasteiger charge is -2.24. The van der Waals surface area contributed by atoms with Crippen LogP contribution in [-0.2, 0) is 11.4 Å². The molecule has 118 valence electrons. The lowest BCUT2D eigenvalue weighted by Crippen LogP contribution is -2.26. The molecule has 2 N–H and O–H groups in total. The van der Waals surface area contributed by atoms with Crippen molar-refractivity contribution in [1.29, 1.82) is 0 Å². The van der Waals surface area contributed by atoms with E-state index in [2.05, 4.69) is 31.6 Å². The van der Waals surface area contributed by atoms with Crippen LogP contribution in [0.4, 0.5) is 11.4 Å². The predicted octanol–water partition coefficient (Wildman–Crippen LogP) is 5.40. The van der Waals surface area contributed by atoms with Gasteiger partial charge in [0.1, 0.15) is 0 Å². The molecule has 4 heteroatoms. The number of hydrogen-bond acceptors (Lipinski definition) is 3. The van der Waals surface area contributed by atoms with Crippen LogP contribution in [-0.4, -0.2) is 5.54 Å². The van der Waals surface area contributed by atoms with Gasteiger partial charge in [0.25, 0.3) is 0 Å². The van der Waals surface area contributed by atoms with Gasteiger partial charge in [-0.3, -0.25) is 10.3 Å². The van der Waals surface area contributed by atoms with Gasteiger partial charge in [-0.1, -0.05) is 41.9 Å². The SMILES string of the molecule is Cc1cc(NOCc2ccccc2)c(Cl)cc1NC(C)(C)C. The van der Waals surface area contributed by atoms with Crippen LogP contribution >= 0.6 is 11.6 Å². The highest BCUT2D eigenvalue weighted by Gasteiger charge is 2.13. The van der Waals surface area contributed by atoms with Crippen molar-refractivity contribution in [1.82, 2.24) is 0 Å². The van der Waals surface area contributed by atoms with Crippen LogP contribution in [0.2, 0.25) is 5.02 Å². The molecule has 0 aliphatic rings. The summed E-state index contributed by atoms with van der Waals surface area (Å²) >= 11 is 6.33. The first-order chi connectivity index (χ1) is 10.3. The van der Waals surface area contributed by atoms with Crippen molar-refractivity contribution in [3.8, 4) is 0 Å². The molecule has 0 radical (unpaired) electrons. The summed E-state index contributed by atoms with van der Waals surface area (Å²) in [6.07, 6.45) is 0. The highest BCUT2D eigenvalue weighted by atomic mass is 35.5. The lowest BCUT2D eigenvalue weighted by atomic mass is 10.1. The monoisotopic (exact) mass is 318 g/mol. The molecular formula is C18H23ClN2O. The number of anilines is 2. The first-order valence-electron chi connectivity index (χ1n) is 7.35. The molecule has 0 unspecified atom stereocenters. The zero-order valence-corrected chi connectivity index (χ0v) is 14.3. The quantitative estimate of drug-likeness (QED) is 0.724. The second-order valence-electron chi connectivity index (χ2n) is 6.40. The van der Waals surface area contributed by atoms with E-state index in [4.69, 9.17) is 16.4 Å². The van der Waals surface area contributed by atoms with Crippen LogP contribution in [0.1, 0.15) is 31.9 Å². The van der Waals surface area contributed by atoms with Crippen LogP contribution in [0.15, 0.2) is 42.5 Å². The Labute approximate surface area is 137 Å². The van der Waals surface area contributed by atoms with E-state index in [1.165, 1.54) is 0 Å². The fourth-order valence-electron chi connectivity index (χ4n) is 2.07. The maximum Gasteiger partial charge on any atom is 0.0996 e. The highest BCUT2D eigenvalue weighted by molar-refractivity contribution is 6.33. The number of halogens is 1. The van der Waals surface area contributed by atoms with Gasteiger partial charge in [0.05, 0.1) is 17.3 Å². The smallest absolute Gasteiger partial charge is 0.0996 e. The van der Waals surface area contributed by atoms with E-state index in [9.17, 15) is 0 Å². The molecule has 3 nitrogen and oxygen atoms in total. The van der Waals surface area contributed by atoms with Crippen molar-refractivity contribution in [3.05, 3.63) is 58.6 Å². The van der Waals surface area contributed by atoms with Gasteiger partial charge in [-0.25, -0.2) is 0 Å². The Hall–Kier alpha value is -1.71. The van der Waals surface area contributed by atoms with Crippen LogP contribution in [0, 0.1) is 6.92 Å². The minimum atomic E-state index is -0.00710. The van der Waals surface area contributed by atoms with Crippen LogP contribution in [0.25, 0.3) is 0 Å². The van der Waals surface area contributed by atoms with Gasteiger partial charge in [0.15, 0.2) is 0 Å². The number of aryl methyl sites for hydroxylation is 1. The van der Waals surface area contributed by atoms with Crippen molar-refractivity contribution in [3.63, 3.8) is 0 Å². The van der Waals surface area contributed by atoms with Crippen LogP contribution in [0.5, 0.6) is 0 Å². The third-order valence-corrected chi connectivity index (χ3v) is 3.40. The summed E-state index contributed by atoms with van der Waals surface area (Å²) in [6.45, 7) is 8.89. The van der Waals surface area contributed by atoms with Crippen molar-refractivity contribution in [2.45, 2.75) is 39.8 Å². The summed E-state index contributed by atoms with van der Waals surface area (Å²) in [5, 5.41) is 4.08. The topological polar surface area (TPSA) is 33.3 Å². The van der Waals surface area contributed by atoms with E-state index in [0.717, 1.165) is 22.5 Å². The Bertz CT molecular complexity index is 621. The molecule has 0 bridgehead atoms. The standard InChI is InChI=1S/C18H23ClN2O/c1-13-10-17(15(19)11-16(13)20-18(2,3)4)21-22-12-14-8-6-5-7-9-14/h5-11,20-21H,12H2,1-4H3. The molecule has 0 aliphatic carbocycles. The van der Waals surface area contributed by atoms with E-state index in [0.29, 0.717) is 11.6 Å². The lowest BCUT2D eigenvalue weighted by molar-refractivity contribution is 0.180. The van der Waals surface area contributed by atoms with Gasteiger partial charge in [-0.2, -0.15) is 0 Å². The minimum Gasteiger partial charge on any atom is -0.380 e. The van der Waals surface area contributed by atoms with Crippen molar-refractivity contribution < 1.29 is 4.84 Å². The third kappa shape index (κ3) is 4.93. The normalized spacial score (nSPS) is 11.3. The molecule has 0 saturated carbocycles. The molecule has 2 aromatic carbocycles. The van der Waals surface area contributed by atoms with Crippen LogP contribution < -0.4 is 10.8 Å². The Morgan fingerprint density at radius 1 is 1.05 bits per heavy atom. The highest BCUT2D eigenvalue weighted by Crippen LogP contribution is 2.30. The van der Waals surface area contributed by atoms with E-state index in [1.807, 2.05) is 49.4 Å². The first-order valence-corrected chi connectivity index (χ1v) is 7.73. The Kier molecular flexibility index (Phi) is 5.33. The average molecular weight is 319 g/mol. The molecule has 0 aromatic heterocycles. The fraction of sp³-hybridized carbons (Fsp3) is 0.333. The Morgan fingerprint density at radius 3 is 2.36 bits per heavy atom. The molecule has 0 saturated heterocycles. The fourth-order valence-corrected chi connectivity index (χ4v) is 2.27. The number of rotatable bonds is 5. The van der Waals surface area contributed by atoms with Gasteiger partial charge in [0, 0.05) is 11.2 Å². The maximum atomic E-state index is 6.33. The van der Waals surface area contributed by atoms with E-state index < -0.39 is 0 Å². The molecule has 0 amide bonds. The summed E-state index contributed by atoms with van der Waals surface area (Å²) in [4.78, 5) is 5.53. The van der Waals surface area contributed by atoms with Crippen LogP contribution in [0.3, 0.4) is 0 Å². The van der Waals surface area contributed by atoms with E-state index >= 15 is 0 Å². The predicted molar refractivity (Wildman–Crippen MR) is 94.4 cm³/mol. The summed E-state index contributed by atoms with van der Waals surface area (Å²) < 4.78 is 0. The molecule has 0 heterocycles. The van der Waals surface area contributed by atoms with Gasteiger partial charge < -0.3 is 5.32 Å². The summed E-state index contributed by atoms with van der Waals surface area (Å²) in [6, 6.07) is 13.9. The van der Waals surface area contributed by atoms with Gasteiger partial charge in [0.2, 0.25) is 0 Å². The molecule has 2 rings (SSSR count). The molecule has 0 aliphatic heterocycles. The van der Waals surface area contributed by atoms with Crippen molar-refractivity contribution in [2.24, 2.45) is 0 Å². The summed E-state index contributed by atoms with van der Waals surface area (Å²) in [5.74, 6) is 0. The summed E-state index contributed by atoms with van der Waals surface area (Å²) in [5.41, 5.74) is 6.95. The first kappa shape index (κ1) is 16.7. The number of hydrogen-bond donors (Lipinski definition) is 2. The molecular weight excluding hydrogens is 296 g/mol.